The van der Waals surface area contributed by atoms with Crippen molar-refractivity contribution in [3.8, 4) is 0 Å². The second kappa shape index (κ2) is 9.96. The highest BCUT2D eigenvalue weighted by molar-refractivity contribution is 6.08. The number of aromatic nitrogens is 2. The van der Waals surface area contributed by atoms with E-state index in [1.54, 1.807) is 30.7 Å². The molecule has 5 nitrogen and oxygen atoms in total. The molecule has 2 aromatic heterocycles. The van der Waals surface area contributed by atoms with Crippen molar-refractivity contribution in [3.05, 3.63) is 65.4 Å². The maximum absolute atomic E-state index is 14.7. The van der Waals surface area contributed by atoms with Crippen molar-refractivity contribution in [2.45, 2.75) is 57.9 Å². The van der Waals surface area contributed by atoms with Gasteiger partial charge in [-0.25, -0.2) is 4.39 Å². The van der Waals surface area contributed by atoms with Crippen LogP contribution in [-0.2, 0) is 6.42 Å². The molecule has 0 saturated heterocycles. The van der Waals surface area contributed by atoms with E-state index in [0.717, 1.165) is 49.0 Å². The average Bonchev–Trinajstić information content (AvgIpc) is 2.79. The Morgan fingerprint density at radius 2 is 2.03 bits per heavy atom. The molecule has 4 rings (SSSR count). The fourth-order valence-electron chi connectivity index (χ4n) is 5.24. The van der Waals surface area contributed by atoms with E-state index in [4.69, 9.17) is 5.73 Å². The largest absolute Gasteiger partial charge is 0.373 e. The summed E-state index contributed by atoms with van der Waals surface area (Å²) in [5, 5.41) is 0.375. The van der Waals surface area contributed by atoms with Crippen LogP contribution in [-0.4, -0.2) is 35.4 Å². The van der Waals surface area contributed by atoms with E-state index < -0.39 is 0 Å². The lowest BCUT2D eigenvalue weighted by Gasteiger charge is -2.32. The highest BCUT2D eigenvalue weighted by atomic mass is 19.1. The summed E-state index contributed by atoms with van der Waals surface area (Å²) in [5.74, 6) is 0.438. The molecule has 0 unspecified atom stereocenters. The normalized spacial score (nSPS) is 20.7. The van der Waals surface area contributed by atoms with Crippen LogP contribution in [0.5, 0.6) is 0 Å². The van der Waals surface area contributed by atoms with Gasteiger partial charge < -0.3 is 10.6 Å². The van der Waals surface area contributed by atoms with E-state index in [1.807, 2.05) is 18.0 Å². The second-order valence-electron chi connectivity index (χ2n) is 9.55. The standard InChI is InChI=1S/C27H33FN4O/c1-4-9-32(3)21-14-24-25(28)6-5-23(27(24)31-16-21)26(33)13-19-15-30-8-7-22(19)18-10-17(2)11-20(29)12-18/h5-8,14-18,20H,4,9-13,29H2,1-3H3/t17-,18+,20-/m0/s1. The molecular formula is C27H33FN4O. The number of anilines is 1. The molecule has 0 amide bonds. The number of halogens is 1. The summed E-state index contributed by atoms with van der Waals surface area (Å²) >= 11 is 0. The van der Waals surface area contributed by atoms with Crippen LogP contribution in [0.15, 0.2) is 42.9 Å². The molecule has 1 aliphatic rings. The van der Waals surface area contributed by atoms with Gasteiger partial charge in [-0.15, -0.1) is 0 Å². The number of carbonyl (C=O) groups excluding carboxylic acids is 1. The zero-order valence-electron chi connectivity index (χ0n) is 19.7. The lowest BCUT2D eigenvalue weighted by atomic mass is 9.75. The van der Waals surface area contributed by atoms with Crippen molar-refractivity contribution in [3.63, 3.8) is 0 Å². The highest BCUT2D eigenvalue weighted by Crippen LogP contribution is 2.37. The molecule has 0 spiro atoms. The number of fused-ring (bicyclic) bond motifs is 1. The predicted octanol–water partition coefficient (Wildman–Crippen LogP) is 5.27. The lowest BCUT2D eigenvalue weighted by Crippen LogP contribution is -2.31. The molecule has 0 bridgehead atoms. The number of benzene rings is 1. The Morgan fingerprint density at radius 3 is 2.79 bits per heavy atom. The minimum Gasteiger partial charge on any atom is -0.373 e. The van der Waals surface area contributed by atoms with Crippen LogP contribution in [0.1, 0.15) is 66.9 Å². The van der Waals surface area contributed by atoms with E-state index in [-0.39, 0.29) is 24.1 Å². The van der Waals surface area contributed by atoms with Crippen LogP contribution in [0.2, 0.25) is 0 Å². The molecule has 1 fully saturated rings. The molecule has 3 aromatic rings. The molecule has 1 aliphatic carbocycles. The number of hydrogen-bond donors (Lipinski definition) is 1. The molecule has 0 aliphatic heterocycles. The van der Waals surface area contributed by atoms with Gasteiger partial charge in [0, 0.05) is 49.4 Å². The summed E-state index contributed by atoms with van der Waals surface area (Å²) in [6.07, 6.45) is 9.51. The number of ketones is 1. The summed E-state index contributed by atoms with van der Waals surface area (Å²) in [4.78, 5) is 24.2. The molecular weight excluding hydrogens is 415 g/mol. The number of carbonyl (C=O) groups is 1. The predicted molar refractivity (Wildman–Crippen MR) is 131 cm³/mol. The molecule has 3 atom stereocenters. The molecule has 33 heavy (non-hydrogen) atoms. The maximum atomic E-state index is 14.7. The van der Waals surface area contributed by atoms with E-state index >= 15 is 0 Å². The Hall–Kier alpha value is -2.86. The topological polar surface area (TPSA) is 72.1 Å². The van der Waals surface area contributed by atoms with Gasteiger partial charge >= 0.3 is 0 Å². The first-order valence-electron chi connectivity index (χ1n) is 11.9. The summed E-state index contributed by atoms with van der Waals surface area (Å²) < 4.78 is 14.7. The monoisotopic (exact) mass is 448 g/mol. The van der Waals surface area contributed by atoms with Crippen molar-refractivity contribution in [2.75, 3.05) is 18.5 Å². The smallest absolute Gasteiger partial charge is 0.169 e. The Morgan fingerprint density at radius 1 is 1.21 bits per heavy atom. The quantitative estimate of drug-likeness (QED) is 0.499. The molecule has 2 heterocycles. The van der Waals surface area contributed by atoms with E-state index in [2.05, 4.69) is 23.8 Å². The van der Waals surface area contributed by atoms with Gasteiger partial charge in [0.15, 0.2) is 5.78 Å². The fourth-order valence-corrected chi connectivity index (χ4v) is 5.24. The van der Waals surface area contributed by atoms with Crippen LogP contribution < -0.4 is 10.6 Å². The third-order valence-electron chi connectivity index (χ3n) is 6.79. The second-order valence-corrected chi connectivity index (χ2v) is 9.55. The Labute approximate surface area is 195 Å². The first-order chi connectivity index (χ1) is 15.9. The fraction of sp³-hybridized carbons (Fsp3) is 0.444. The van der Waals surface area contributed by atoms with Gasteiger partial charge in [0.25, 0.3) is 0 Å². The molecule has 6 heteroatoms. The van der Waals surface area contributed by atoms with Crippen molar-refractivity contribution in [1.29, 1.82) is 0 Å². The SMILES string of the molecule is CCCN(C)c1cnc2c(C(=O)Cc3cnccc3[C@@H]3C[C@H](C)C[C@H](N)C3)ccc(F)c2c1. The minimum atomic E-state index is -0.368. The van der Waals surface area contributed by atoms with Crippen molar-refractivity contribution >= 4 is 22.4 Å². The van der Waals surface area contributed by atoms with E-state index in [1.165, 1.54) is 6.07 Å². The van der Waals surface area contributed by atoms with Crippen molar-refractivity contribution in [1.82, 2.24) is 9.97 Å². The molecule has 174 valence electrons. The number of hydrogen-bond acceptors (Lipinski definition) is 5. The maximum Gasteiger partial charge on any atom is 0.169 e. The van der Waals surface area contributed by atoms with E-state index in [9.17, 15) is 9.18 Å². The molecule has 2 N–H and O–H groups in total. The number of rotatable bonds is 7. The van der Waals surface area contributed by atoms with Gasteiger partial charge in [0.1, 0.15) is 5.82 Å². The number of Topliss-reactive ketones (excluding diaryl/α,β-unsaturated/α-hetero) is 1. The number of nitrogens with zero attached hydrogens (tertiary/aromatic N) is 3. The summed E-state index contributed by atoms with van der Waals surface area (Å²) in [7, 11) is 1.96. The van der Waals surface area contributed by atoms with Gasteiger partial charge in [-0.1, -0.05) is 13.8 Å². The van der Waals surface area contributed by atoms with Gasteiger partial charge in [-0.05, 0) is 72.9 Å². The Bertz CT molecular complexity index is 1140. The summed E-state index contributed by atoms with van der Waals surface area (Å²) in [6, 6.07) is 6.91. The highest BCUT2D eigenvalue weighted by Gasteiger charge is 2.27. The minimum absolute atomic E-state index is 0.0791. The van der Waals surface area contributed by atoms with Gasteiger partial charge in [-0.2, -0.15) is 0 Å². The first-order valence-corrected chi connectivity index (χ1v) is 11.9. The van der Waals surface area contributed by atoms with Crippen LogP contribution >= 0.6 is 0 Å². The summed E-state index contributed by atoms with van der Waals surface area (Å²) in [6.45, 7) is 5.18. The third-order valence-corrected chi connectivity index (χ3v) is 6.79. The molecule has 0 radical (unpaired) electrons. The zero-order valence-corrected chi connectivity index (χ0v) is 19.7. The summed E-state index contributed by atoms with van der Waals surface area (Å²) in [5.41, 5.74) is 10.1. The first kappa shape index (κ1) is 23.3. The van der Waals surface area contributed by atoms with Crippen LogP contribution in [0.3, 0.4) is 0 Å². The van der Waals surface area contributed by atoms with Crippen molar-refractivity contribution in [2.24, 2.45) is 11.7 Å². The lowest BCUT2D eigenvalue weighted by molar-refractivity contribution is 0.0994. The van der Waals surface area contributed by atoms with Gasteiger partial charge in [0.2, 0.25) is 0 Å². The Kier molecular flexibility index (Phi) is 7.03. The van der Waals surface area contributed by atoms with Crippen LogP contribution in [0.4, 0.5) is 10.1 Å². The molecule has 1 saturated carbocycles. The zero-order chi connectivity index (χ0) is 23.5. The Balaban J connectivity index is 1.65. The number of pyridine rings is 2. The van der Waals surface area contributed by atoms with Gasteiger partial charge in [-0.3, -0.25) is 14.8 Å². The van der Waals surface area contributed by atoms with E-state index in [0.29, 0.717) is 28.3 Å². The number of nitrogens with two attached hydrogens (primary N) is 1. The van der Waals surface area contributed by atoms with Gasteiger partial charge in [0.05, 0.1) is 17.4 Å². The van der Waals surface area contributed by atoms with Crippen molar-refractivity contribution < 1.29 is 9.18 Å². The third kappa shape index (κ3) is 5.06. The van der Waals surface area contributed by atoms with Crippen LogP contribution in [0, 0.1) is 11.7 Å². The van der Waals surface area contributed by atoms with Crippen LogP contribution in [0.25, 0.3) is 10.9 Å². The average molecular weight is 449 g/mol. The molecule has 1 aromatic carbocycles.